The Morgan fingerprint density at radius 1 is 1.16 bits per heavy atom. The molecule has 0 aliphatic heterocycles. The molecule has 0 fully saturated rings. The van der Waals surface area contributed by atoms with Gasteiger partial charge in [0.15, 0.2) is 0 Å². The van der Waals surface area contributed by atoms with E-state index in [0.717, 1.165) is 12.1 Å². The van der Waals surface area contributed by atoms with Crippen LogP contribution in [0, 0.1) is 0 Å². The molecule has 0 bridgehead atoms. The average molecular weight is 257 g/mol. The van der Waals surface area contributed by atoms with Crippen LogP contribution in [-0.2, 0) is 17.6 Å². The van der Waals surface area contributed by atoms with E-state index in [1.165, 1.54) is 18.7 Å². The first-order valence-corrected chi connectivity index (χ1v) is 6.04. The molecular weight excluding hydrogens is 242 g/mol. The molecule has 4 nitrogen and oxygen atoms in total. The number of nitrogens with one attached hydrogen (secondary N) is 1. The normalized spacial score (nSPS) is 10.2. The highest BCUT2D eigenvalue weighted by Crippen LogP contribution is 2.06. The van der Waals surface area contributed by atoms with Crippen molar-refractivity contribution in [1.29, 1.82) is 0 Å². The van der Waals surface area contributed by atoms with E-state index < -0.39 is 5.97 Å². The van der Waals surface area contributed by atoms with E-state index in [1.807, 2.05) is 30.3 Å². The van der Waals surface area contributed by atoms with Crippen LogP contribution >= 0.6 is 0 Å². The molecule has 2 rings (SSSR count). The van der Waals surface area contributed by atoms with E-state index >= 15 is 0 Å². The van der Waals surface area contributed by atoms with Gasteiger partial charge in [-0.1, -0.05) is 30.3 Å². The highest BCUT2D eigenvalue weighted by Gasteiger charge is 2.08. The van der Waals surface area contributed by atoms with Crippen molar-refractivity contribution in [2.24, 2.45) is 0 Å². The van der Waals surface area contributed by atoms with Crippen molar-refractivity contribution in [3.8, 4) is 0 Å². The van der Waals surface area contributed by atoms with E-state index in [4.69, 9.17) is 0 Å². The summed E-state index contributed by atoms with van der Waals surface area (Å²) in [5.41, 5.74) is 1.92. The molecule has 0 aliphatic carbocycles. The van der Waals surface area contributed by atoms with Crippen LogP contribution in [0.1, 0.15) is 21.6 Å². The van der Waals surface area contributed by atoms with Gasteiger partial charge < -0.3 is 9.72 Å². The van der Waals surface area contributed by atoms with Crippen molar-refractivity contribution in [1.82, 2.24) is 4.98 Å². The van der Waals surface area contributed by atoms with Crippen molar-refractivity contribution in [3.05, 3.63) is 69.6 Å². The Morgan fingerprint density at radius 2 is 1.89 bits per heavy atom. The number of hydrogen-bond donors (Lipinski definition) is 1. The summed E-state index contributed by atoms with van der Waals surface area (Å²) >= 11 is 0. The number of aromatic nitrogens is 1. The maximum absolute atomic E-state index is 11.5. The van der Waals surface area contributed by atoms with Gasteiger partial charge in [-0.3, -0.25) is 4.79 Å². The minimum absolute atomic E-state index is 0.286. The fourth-order valence-electron chi connectivity index (χ4n) is 1.90. The Morgan fingerprint density at radius 3 is 2.58 bits per heavy atom. The maximum Gasteiger partial charge on any atom is 0.338 e. The van der Waals surface area contributed by atoms with E-state index in [9.17, 15) is 9.59 Å². The molecule has 1 heterocycles. The van der Waals surface area contributed by atoms with E-state index in [2.05, 4.69) is 9.72 Å². The number of aromatic amines is 1. The number of aryl methyl sites for hydroxylation is 2. The lowest BCUT2D eigenvalue weighted by Gasteiger charge is -2.04. The molecule has 19 heavy (non-hydrogen) atoms. The predicted octanol–water partition coefficient (Wildman–Crippen LogP) is 1.95. The SMILES string of the molecule is COC(=O)c1cc(CCc2ccccc2)[nH]c(=O)c1. The maximum atomic E-state index is 11.5. The molecule has 0 saturated carbocycles. The van der Waals surface area contributed by atoms with Gasteiger partial charge in [0.25, 0.3) is 0 Å². The van der Waals surface area contributed by atoms with Crippen LogP contribution in [-0.4, -0.2) is 18.1 Å². The van der Waals surface area contributed by atoms with Crippen LogP contribution in [0.25, 0.3) is 0 Å². The second-order valence-electron chi connectivity index (χ2n) is 4.24. The summed E-state index contributed by atoms with van der Waals surface area (Å²) in [5, 5.41) is 0. The molecule has 0 saturated heterocycles. The lowest BCUT2D eigenvalue weighted by atomic mass is 10.1. The first-order chi connectivity index (χ1) is 9.19. The summed E-state index contributed by atoms with van der Waals surface area (Å²) in [6, 6.07) is 12.9. The van der Waals surface area contributed by atoms with Crippen LogP contribution in [0.2, 0.25) is 0 Å². The van der Waals surface area contributed by atoms with Gasteiger partial charge in [0, 0.05) is 11.8 Å². The fourth-order valence-corrected chi connectivity index (χ4v) is 1.90. The molecule has 0 radical (unpaired) electrons. The van der Waals surface area contributed by atoms with Gasteiger partial charge in [-0.05, 0) is 24.5 Å². The number of benzene rings is 1. The molecule has 4 heteroatoms. The quantitative estimate of drug-likeness (QED) is 0.852. The molecule has 1 N–H and O–H groups in total. The van der Waals surface area contributed by atoms with Crippen LogP contribution in [0.5, 0.6) is 0 Å². The van der Waals surface area contributed by atoms with Crippen LogP contribution < -0.4 is 5.56 Å². The zero-order chi connectivity index (χ0) is 13.7. The first-order valence-electron chi connectivity index (χ1n) is 6.04. The first kappa shape index (κ1) is 13.1. The summed E-state index contributed by atoms with van der Waals surface area (Å²) in [4.78, 5) is 25.6. The molecule has 1 aromatic heterocycles. The molecular formula is C15H15NO3. The smallest absolute Gasteiger partial charge is 0.338 e. The third-order valence-corrected chi connectivity index (χ3v) is 2.85. The van der Waals surface area contributed by atoms with Gasteiger partial charge in [0.2, 0.25) is 5.56 Å². The summed E-state index contributed by atoms with van der Waals surface area (Å²) in [6.07, 6.45) is 1.48. The number of carbonyl (C=O) groups excluding carboxylic acids is 1. The molecule has 0 amide bonds. The summed E-state index contributed by atoms with van der Waals surface area (Å²) in [5.74, 6) is -0.493. The number of pyridine rings is 1. The summed E-state index contributed by atoms with van der Waals surface area (Å²) in [7, 11) is 1.30. The molecule has 0 atom stereocenters. The van der Waals surface area contributed by atoms with E-state index in [1.54, 1.807) is 6.07 Å². The van der Waals surface area contributed by atoms with Crippen molar-refractivity contribution in [2.45, 2.75) is 12.8 Å². The van der Waals surface area contributed by atoms with Crippen LogP contribution in [0.15, 0.2) is 47.3 Å². The molecule has 0 spiro atoms. The fraction of sp³-hybridized carbons (Fsp3) is 0.200. The zero-order valence-corrected chi connectivity index (χ0v) is 10.7. The van der Waals surface area contributed by atoms with Gasteiger partial charge in [0.1, 0.15) is 0 Å². The van der Waals surface area contributed by atoms with Crippen molar-refractivity contribution in [2.75, 3.05) is 7.11 Å². The third-order valence-electron chi connectivity index (χ3n) is 2.85. The molecule has 0 aliphatic rings. The number of rotatable bonds is 4. The Hall–Kier alpha value is -2.36. The topological polar surface area (TPSA) is 59.2 Å². The highest BCUT2D eigenvalue weighted by molar-refractivity contribution is 5.89. The lowest BCUT2D eigenvalue weighted by Crippen LogP contribution is -2.13. The average Bonchev–Trinajstić information content (AvgIpc) is 2.45. The Kier molecular flexibility index (Phi) is 4.13. The van der Waals surface area contributed by atoms with Crippen molar-refractivity contribution in [3.63, 3.8) is 0 Å². The number of carbonyl (C=O) groups is 1. The molecule has 98 valence electrons. The second-order valence-corrected chi connectivity index (χ2v) is 4.24. The van der Waals surface area contributed by atoms with Gasteiger partial charge in [0.05, 0.1) is 12.7 Å². The minimum atomic E-state index is -0.493. The monoisotopic (exact) mass is 257 g/mol. The largest absolute Gasteiger partial charge is 0.465 e. The zero-order valence-electron chi connectivity index (χ0n) is 10.7. The van der Waals surface area contributed by atoms with Crippen molar-refractivity contribution < 1.29 is 9.53 Å². The number of H-pyrrole nitrogens is 1. The molecule has 2 aromatic rings. The van der Waals surface area contributed by atoms with Gasteiger partial charge in [-0.25, -0.2) is 4.79 Å². The van der Waals surface area contributed by atoms with Gasteiger partial charge in [-0.15, -0.1) is 0 Å². The third kappa shape index (κ3) is 3.55. The van der Waals surface area contributed by atoms with Gasteiger partial charge >= 0.3 is 5.97 Å². The van der Waals surface area contributed by atoms with Crippen molar-refractivity contribution >= 4 is 5.97 Å². The predicted molar refractivity (Wildman–Crippen MR) is 72.3 cm³/mol. The lowest BCUT2D eigenvalue weighted by molar-refractivity contribution is 0.0600. The van der Waals surface area contributed by atoms with Crippen LogP contribution in [0.3, 0.4) is 0 Å². The highest BCUT2D eigenvalue weighted by atomic mass is 16.5. The number of methoxy groups -OCH3 is 1. The van der Waals surface area contributed by atoms with E-state index in [0.29, 0.717) is 6.42 Å². The van der Waals surface area contributed by atoms with E-state index in [-0.39, 0.29) is 11.1 Å². The van der Waals surface area contributed by atoms with Gasteiger partial charge in [-0.2, -0.15) is 0 Å². The standard InChI is InChI=1S/C15H15NO3/c1-19-15(18)12-9-13(16-14(17)10-12)8-7-11-5-3-2-4-6-11/h2-6,9-10H,7-8H2,1H3,(H,16,17). The Bertz CT molecular complexity index is 617. The number of hydrogen-bond acceptors (Lipinski definition) is 3. The number of ether oxygens (including phenoxy) is 1. The Balaban J connectivity index is 2.14. The number of esters is 1. The molecule has 1 aromatic carbocycles. The second kappa shape index (κ2) is 6.00. The summed E-state index contributed by atoms with van der Waals surface area (Å²) in [6.45, 7) is 0. The minimum Gasteiger partial charge on any atom is -0.465 e. The molecule has 0 unspecified atom stereocenters. The van der Waals surface area contributed by atoms with Crippen LogP contribution in [0.4, 0.5) is 0 Å². The summed E-state index contributed by atoms with van der Waals surface area (Å²) < 4.78 is 4.62. The Labute approximate surface area is 111 Å².